The number of rotatable bonds is 5. The van der Waals surface area contributed by atoms with Gasteiger partial charge in [0.05, 0.1) is 13.5 Å². The minimum atomic E-state index is -0.740. The van der Waals surface area contributed by atoms with Gasteiger partial charge in [0.2, 0.25) is 0 Å². The Morgan fingerprint density at radius 1 is 1.53 bits per heavy atom. The highest BCUT2D eigenvalue weighted by atomic mass is 79.9. The first-order valence-corrected chi connectivity index (χ1v) is 7.30. The Morgan fingerprint density at radius 3 is 2.63 bits per heavy atom. The van der Waals surface area contributed by atoms with E-state index in [9.17, 15) is 4.79 Å². The van der Waals surface area contributed by atoms with Crippen molar-refractivity contribution in [2.75, 3.05) is 7.11 Å². The van der Waals surface area contributed by atoms with Crippen LogP contribution in [0.25, 0.3) is 0 Å². The molecule has 4 heteroatoms. The summed E-state index contributed by atoms with van der Waals surface area (Å²) in [4.78, 5) is 11.1. The van der Waals surface area contributed by atoms with Crippen LogP contribution in [-0.2, 0) is 4.79 Å². The first-order chi connectivity index (χ1) is 8.95. The SMILES string of the molecule is COc1c(C)cc(Br)c(C)c1C(CC(=O)O)C1CC1. The van der Waals surface area contributed by atoms with Crippen LogP contribution in [-0.4, -0.2) is 18.2 Å². The molecule has 1 aliphatic rings. The number of aryl methyl sites for hydroxylation is 1. The molecule has 1 fully saturated rings. The summed E-state index contributed by atoms with van der Waals surface area (Å²) >= 11 is 3.56. The van der Waals surface area contributed by atoms with Crippen molar-refractivity contribution in [2.45, 2.75) is 39.0 Å². The zero-order valence-corrected chi connectivity index (χ0v) is 13.1. The van der Waals surface area contributed by atoms with Gasteiger partial charge in [-0.1, -0.05) is 15.9 Å². The summed E-state index contributed by atoms with van der Waals surface area (Å²) in [5, 5.41) is 9.16. The Morgan fingerprint density at radius 2 is 2.16 bits per heavy atom. The lowest BCUT2D eigenvalue weighted by molar-refractivity contribution is -0.137. The van der Waals surface area contributed by atoms with E-state index in [0.29, 0.717) is 5.92 Å². The summed E-state index contributed by atoms with van der Waals surface area (Å²) in [5.41, 5.74) is 3.21. The monoisotopic (exact) mass is 326 g/mol. The molecule has 0 aliphatic heterocycles. The molecule has 19 heavy (non-hydrogen) atoms. The minimum absolute atomic E-state index is 0.0589. The van der Waals surface area contributed by atoms with E-state index in [1.165, 1.54) is 0 Å². The second kappa shape index (κ2) is 5.53. The van der Waals surface area contributed by atoms with Gasteiger partial charge in [-0.3, -0.25) is 4.79 Å². The van der Waals surface area contributed by atoms with E-state index in [-0.39, 0.29) is 12.3 Å². The topological polar surface area (TPSA) is 46.5 Å². The number of carboxylic acids is 1. The fourth-order valence-electron chi connectivity index (χ4n) is 2.78. The number of hydrogen-bond acceptors (Lipinski definition) is 2. The number of methoxy groups -OCH3 is 1. The Hall–Kier alpha value is -1.03. The van der Waals surface area contributed by atoms with Crippen LogP contribution in [0.2, 0.25) is 0 Å². The number of halogens is 1. The van der Waals surface area contributed by atoms with Crippen LogP contribution >= 0.6 is 15.9 Å². The maximum absolute atomic E-state index is 11.1. The third kappa shape index (κ3) is 2.94. The second-order valence-corrected chi connectivity index (χ2v) is 6.14. The van der Waals surface area contributed by atoms with Crippen molar-refractivity contribution in [1.82, 2.24) is 0 Å². The molecule has 0 amide bonds. The maximum atomic E-state index is 11.1. The number of benzene rings is 1. The molecule has 1 aromatic carbocycles. The normalized spacial score (nSPS) is 16.2. The Balaban J connectivity index is 2.53. The van der Waals surface area contributed by atoms with Gasteiger partial charge < -0.3 is 9.84 Å². The highest BCUT2D eigenvalue weighted by Crippen LogP contribution is 2.49. The molecule has 1 aliphatic carbocycles. The van der Waals surface area contributed by atoms with Gasteiger partial charge in [-0.2, -0.15) is 0 Å². The van der Waals surface area contributed by atoms with E-state index in [1.807, 2.05) is 19.9 Å². The van der Waals surface area contributed by atoms with Crippen molar-refractivity contribution >= 4 is 21.9 Å². The van der Waals surface area contributed by atoms with Crippen LogP contribution in [0.1, 0.15) is 41.9 Å². The fourth-order valence-corrected chi connectivity index (χ4v) is 3.34. The Kier molecular flexibility index (Phi) is 4.19. The van der Waals surface area contributed by atoms with Crippen LogP contribution < -0.4 is 4.74 Å². The first kappa shape index (κ1) is 14.4. The van der Waals surface area contributed by atoms with Gasteiger partial charge in [-0.05, 0) is 49.8 Å². The number of aliphatic carboxylic acids is 1. The largest absolute Gasteiger partial charge is 0.496 e. The van der Waals surface area contributed by atoms with E-state index in [4.69, 9.17) is 9.84 Å². The van der Waals surface area contributed by atoms with Crippen molar-refractivity contribution < 1.29 is 14.6 Å². The number of ether oxygens (including phenoxy) is 1. The summed E-state index contributed by atoms with van der Waals surface area (Å²) in [6.07, 6.45) is 2.41. The minimum Gasteiger partial charge on any atom is -0.496 e. The van der Waals surface area contributed by atoms with Crippen LogP contribution in [0, 0.1) is 19.8 Å². The molecule has 2 rings (SSSR count). The number of carboxylic acid groups (broad SMARTS) is 1. The molecule has 1 saturated carbocycles. The zero-order valence-electron chi connectivity index (χ0n) is 11.5. The second-order valence-electron chi connectivity index (χ2n) is 5.29. The molecule has 1 unspecified atom stereocenters. The Labute approximate surface area is 122 Å². The van der Waals surface area contributed by atoms with E-state index in [0.717, 1.165) is 39.8 Å². The average molecular weight is 327 g/mol. The van der Waals surface area contributed by atoms with Crippen molar-refractivity contribution in [3.63, 3.8) is 0 Å². The molecule has 0 bridgehead atoms. The summed E-state index contributed by atoms with van der Waals surface area (Å²) in [7, 11) is 1.66. The molecular weight excluding hydrogens is 308 g/mol. The molecule has 0 aromatic heterocycles. The predicted octanol–water partition coefficient (Wildman–Crippen LogP) is 4.04. The molecule has 1 N–H and O–H groups in total. The van der Waals surface area contributed by atoms with Crippen molar-refractivity contribution in [3.8, 4) is 5.75 Å². The predicted molar refractivity (Wildman–Crippen MR) is 77.9 cm³/mol. The molecule has 0 radical (unpaired) electrons. The summed E-state index contributed by atoms with van der Waals surface area (Å²) in [6.45, 7) is 4.02. The van der Waals surface area contributed by atoms with Crippen LogP contribution in [0.15, 0.2) is 10.5 Å². The highest BCUT2D eigenvalue weighted by Gasteiger charge is 2.36. The van der Waals surface area contributed by atoms with Gasteiger partial charge in [0.1, 0.15) is 5.75 Å². The maximum Gasteiger partial charge on any atom is 0.303 e. The van der Waals surface area contributed by atoms with Crippen LogP contribution in [0.4, 0.5) is 0 Å². The average Bonchev–Trinajstić information content (AvgIpc) is 3.14. The van der Waals surface area contributed by atoms with Crippen LogP contribution in [0.5, 0.6) is 5.75 Å². The first-order valence-electron chi connectivity index (χ1n) is 6.51. The number of hydrogen-bond donors (Lipinski definition) is 1. The van der Waals surface area contributed by atoms with E-state index in [1.54, 1.807) is 7.11 Å². The van der Waals surface area contributed by atoms with Gasteiger partial charge in [-0.15, -0.1) is 0 Å². The molecule has 1 atom stereocenters. The van der Waals surface area contributed by atoms with Gasteiger partial charge >= 0.3 is 5.97 Å². The third-order valence-corrected chi connectivity index (χ3v) is 4.69. The zero-order chi connectivity index (χ0) is 14.2. The standard InChI is InChI=1S/C15H19BrO3/c1-8-6-12(16)9(2)14(15(8)19-3)11(7-13(17)18)10-4-5-10/h6,10-11H,4-5,7H2,1-3H3,(H,17,18). The lowest BCUT2D eigenvalue weighted by atomic mass is 9.86. The molecule has 0 saturated heterocycles. The Bertz CT molecular complexity index is 507. The number of carbonyl (C=O) groups is 1. The third-order valence-electron chi connectivity index (χ3n) is 3.87. The lowest BCUT2D eigenvalue weighted by Gasteiger charge is -2.23. The van der Waals surface area contributed by atoms with Crippen molar-refractivity contribution in [2.24, 2.45) is 5.92 Å². The summed E-state index contributed by atoms with van der Waals surface area (Å²) in [6, 6.07) is 2.03. The molecule has 0 spiro atoms. The molecule has 3 nitrogen and oxygen atoms in total. The van der Waals surface area contributed by atoms with Gasteiger partial charge in [-0.25, -0.2) is 0 Å². The molecule has 0 heterocycles. The molecular formula is C15H19BrO3. The highest BCUT2D eigenvalue weighted by molar-refractivity contribution is 9.10. The van der Waals surface area contributed by atoms with E-state index in [2.05, 4.69) is 15.9 Å². The van der Waals surface area contributed by atoms with Gasteiger partial charge in [0, 0.05) is 16.0 Å². The lowest BCUT2D eigenvalue weighted by Crippen LogP contribution is -2.12. The van der Waals surface area contributed by atoms with Crippen molar-refractivity contribution in [3.05, 3.63) is 27.2 Å². The van der Waals surface area contributed by atoms with Gasteiger partial charge in [0.25, 0.3) is 0 Å². The quantitative estimate of drug-likeness (QED) is 0.888. The summed E-state index contributed by atoms with van der Waals surface area (Å²) in [5.74, 6) is 0.649. The van der Waals surface area contributed by atoms with E-state index < -0.39 is 5.97 Å². The molecule has 1 aromatic rings. The van der Waals surface area contributed by atoms with E-state index >= 15 is 0 Å². The fraction of sp³-hybridized carbons (Fsp3) is 0.533. The van der Waals surface area contributed by atoms with Crippen LogP contribution in [0.3, 0.4) is 0 Å². The van der Waals surface area contributed by atoms with Crippen molar-refractivity contribution in [1.29, 1.82) is 0 Å². The summed E-state index contributed by atoms with van der Waals surface area (Å²) < 4.78 is 6.56. The van der Waals surface area contributed by atoms with Gasteiger partial charge in [0.15, 0.2) is 0 Å². The molecule has 104 valence electrons. The smallest absolute Gasteiger partial charge is 0.303 e.